The van der Waals surface area contributed by atoms with Crippen LogP contribution in [0.15, 0.2) is 34.7 Å². The van der Waals surface area contributed by atoms with Crippen LogP contribution in [0.4, 0.5) is 0 Å². The number of aromatic nitrogens is 2. The molecule has 1 aromatic carbocycles. The molecule has 0 aliphatic rings. The molecule has 0 spiro atoms. The van der Waals surface area contributed by atoms with Gasteiger partial charge in [-0.2, -0.15) is 0 Å². The summed E-state index contributed by atoms with van der Waals surface area (Å²) in [4.78, 5) is 0. The fraction of sp³-hybridized carbons (Fsp3) is 0.333. The maximum Gasteiger partial charge on any atom is 0.220 e. The maximum atomic E-state index is 5.56. The van der Waals surface area contributed by atoms with E-state index in [1.807, 2.05) is 18.2 Å². The highest BCUT2D eigenvalue weighted by molar-refractivity contribution is 14.1. The maximum absolute atomic E-state index is 5.56. The third-order valence-corrected chi connectivity index (χ3v) is 2.99. The molecule has 16 heavy (non-hydrogen) atoms. The zero-order valence-electron chi connectivity index (χ0n) is 8.90. The minimum atomic E-state index is 0.703. The summed E-state index contributed by atoms with van der Waals surface area (Å²) in [7, 11) is 0. The lowest BCUT2D eigenvalue weighted by atomic mass is 10.2. The quantitative estimate of drug-likeness (QED) is 0.626. The molecule has 1 heterocycles. The molecule has 2 aromatic rings. The molecule has 0 unspecified atom stereocenters. The van der Waals surface area contributed by atoms with E-state index in [2.05, 4.69) is 44.9 Å². The topological polar surface area (TPSA) is 38.9 Å². The van der Waals surface area contributed by atoms with E-state index in [-0.39, 0.29) is 0 Å². The van der Waals surface area contributed by atoms with Crippen LogP contribution in [0.25, 0.3) is 0 Å². The minimum absolute atomic E-state index is 0.703. The SMILES string of the molecule is ICCCc1nnc(Cc2ccccc2)o1. The van der Waals surface area contributed by atoms with Crippen LogP contribution in [-0.4, -0.2) is 14.6 Å². The summed E-state index contributed by atoms with van der Waals surface area (Å²) in [5.74, 6) is 1.46. The Kier molecular flexibility index (Phi) is 4.33. The van der Waals surface area contributed by atoms with Crippen LogP contribution in [-0.2, 0) is 12.8 Å². The Morgan fingerprint density at radius 2 is 1.81 bits per heavy atom. The van der Waals surface area contributed by atoms with Crippen LogP contribution in [0.3, 0.4) is 0 Å². The normalized spacial score (nSPS) is 10.6. The van der Waals surface area contributed by atoms with Crippen molar-refractivity contribution in [2.75, 3.05) is 4.43 Å². The van der Waals surface area contributed by atoms with Gasteiger partial charge in [0.25, 0.3) is 0 Å². The number of hydrogen-bond acceptors (Lipinski definition) is 3. The molecular formula is C12H13IN2O. The van der Waals surface area contributed by atoms with Gasteiger partial charge in [-0.05, 0) is 12.0 Å². The highest BCUT2D eigenvalue weighted by Gasteiger charge is 2.05. The summed E-state index contributed by atoms with van der Waals surface area (Å²) in [6.07, 6.45) is 2.69. The summed E-state index contributed by atoms with van der Waals surface area (Å²) in [6.45, 7) is 0. The van der Waals surface area contributed by atoms with Crippen LogP contribution in [0.2, 0.25) is 0 Å². The molecule has 0 saturated carbocycles. The smallest absolute Gasteiger partial charge is 0.220 e. The van der Waals surface area contributed by atoms with E-state index in [0.717, 1.165) is 29.6 Å². The van der Waals surface area contributed by atoms with Gasteiger partial charge in [-0.1, -0.05) is 52.9 Å². The Morgan fingerprint density at radius 3 is 2.56 bits per heavy atom. The van der Waals surface area contributed by atoms with Gasteiger partial charge >= 0.3 is 0 Å². The Balaban J connectivity index is 1.97. The van der Waals surface area contributed by atoms with Gasteiger partial charge in [0.1, 0.15) is 0 Å². The van der Waals surface area contributed by atoms with Crippen molar-refractivity contribution in [3.05, 3.63) is 47.7 Å². The van der Waals surface area contributed by atoms with Gasteiger partial charge in [0.05, 0.1) is 6.42 Å². The number of nitrogens with zero attached hydrogens (tertiary/aromatic N) is 2. The number of alkyl halides is 1. The fourth-order valence-electron chi connectivity index (χ4n) is 1.45. The van der Waals surface area contributed by atoms with E-state index >= 15 is 0 Å². The van der Waals surface area contributed by atoms with Crippen LogP contribution in [0.1, 0.15) is 23.8 Å². The number of aryl methyl sites for hydroxylation is 1. The summed E-state index contributed by atoms with van der Waals surface area (Å²) >= 11 is 2.35. The molecule has 0 amide bonds. The third kappa shape index (κ3) is 3.30. The molecule has 0 aliphatic carbocycles. The number of benzene rings is 1. The van der Waals surface area contributed by atoms with Crippen LogP contribution in [0, 0.1) is 0 Å². The van der Waals surface area contributed by atoms with Gasteiger partial charge in [-0.3, -0.25) is 0 Å². The Bertz CT molecular complexity index is 428. The first-order valence-electron chi connectivity index (χ1n) is 5.29. The monoisotopic (exact) mass is 328 g/mol. The molecule has 2 rings (SSSR count). The molecule has 0 N–H and O–H groups in total. The first-order valence-corrected chi connectivity index (χ1v) is 6.82. The molecule has 4 heteroatoms. The summed E-state index contributed by atoms with van der Waals surface area (Å²) in [5, 5.41) is 8.08. The Labute approximate surface area is 108 Å². The van der Waals surface area contributed by atoms with Crippen molar-refractivity contribution in [3.8, 4) is 0 Å². The molecule has 0 aliphatic heterocycles. The third-order valence-electron chi connectivity index (χ3n) is 2.23. The van der Waals surface area contributed by atoms with E-state index in [4.69, 9.17) is 4.42 Å². The van der Waals surface area contributed by atoms with Crippen LogP contribution in [0.5, 0.6) is 0 Å². The molecule has 0 bridgehead atoms. The second-order valence-electron chi connectivity index (χ2n) is 3.54. The first kappa shape index (κ1) is 11.6. The Morgan fingerprint density at radius 1 is 1.06 bits per heavy atom. The van der Waals surface area contributed by atoms with E-state index in [1.54, 1.807) is 0 Å². The van der Waals surface area contributed by atoms with Crippen molar-refractivity contribution in [1.29, 1.82) is 0 Å². The van der Waals surface area contributed by atoms with Gasteiger partial charge in [-0.25, -0.2) is 0 Å². The summed E-state index contributed by atoms with van der Waals surface area (Å²) < 4.78 is 6.68. The van der Waals surface area contributed by atoms with Crippen molar-refractivity contribution in [2.45, 2.75) is 19.3 Å². The van der Waals surface area contributed by atoms with Crippen LogP contribution < -0.4 is 0 Å². The second kappa shape index (κ2) is 5.98. The molecule has 84 valence electrons. The average Bonchev–Trinajstić information content (AvgIpc) is 2.75. The second-order valence-corrected chi connectivity index (χ2v) is 4.62. The highest BCUT2D eigenvalue weighted by Crippen LogP contribution is 2.09. The number of rotatable bonds is 5. The lowest BCUT2D eigenvalue weighted by molar-refractivity contribution is 0.456. The van der Waals surface area contributed by atoms with Crippen molar-refractivity contribution >= 4 is 22.6 Å². The van der Waals surface area contributed by atoms with E-state index < -0.39 is 0 Å². The lowest BCUT2D eigenvalue weighted by Crippen LogP contribution is -1.87. The van der Waals surface area contributed by atoms with E-state index in [1.165, 1.54) is 5.56 Å². The van der Waals surface area contributed by atoms with E-state index in [0.29, 0.717) is 5.89 Å². The predicted molar refractivity (Wildman–Crippen MR) is 70.8 cm³/mol. The zero-order chi connectivity index (χ0) is 11.2. The van der Waals surface area contributed by atoms with Crippen molar-refractivity contribution in [2.24, 2.45) is 0 Å². The van der Waals surface area contributed by atoms with Crippen molar-refractivity contribution < 1.29 is 4.42 Å². The number of halogens is 1. The molecule has 1 aromatic heterocycles. The Hall–Kier alpha value is -0.910. The van der Waals surface area contributed by atoms with Crippen LogP contribution >= 0.6 is 22.6 Å². The van der Waals surface area contributed by atoms with E-state index in [9.17, 15) is 0 Å². The van der Waals surface area contributed by atoms with Gasteiger partial charge < -0.3 is 4.42 Å². The van der Waals surface area contributed by atoms with Gasteiger partial charge in [-0.15, -0.1) is 10.2 Å². The molecule has 0 fully saturated rings. The highest BCUT2D eigenvalue weighted by atomic mass is 127. The summed E-state index contributed by atoms with van der Waals surface area (Å²) in [6, 6.07) is 10.2. The fourth-order valence-corrected chi connectivity index (χ4v) is 1.83. The van der Waals surface area contributed by atoms with Gasteiger partial charge in [0.15, 0.2) is 0 Å². The molecule has 0 saturated heterocycles. The molecule has 3 nitrogen and oxygen atoms in total. The summed E-state index contributed by atoms with van der Waals surface area (Å²) in [5.41, 5.74) is 1.20. The van der Waals surface area contributed by atoms with Gasteiger partial charge in [0.2, 0.25) is 11.8 Å². The molecule has 0 atom stereocenters. The predicted octanol–water partition coefficient (Wildman–Crippen LogP) is 3.03. The number of hydrogen-bond donors (Lipinski definition) is 0. The molecule has 0 radical (unpaired) electrons. The standard InChI is InChI=1S/C12H13IN2O/c13-8-4-7-11-14-15-12(16-11)9-10-5-2-1-3-6-10/h1-3,5-6H,4,7-9H2. The molecular weight excluding hydrogens is 315 g/mol. The lowest BCUT2D eigenvalue weighted by Gasteiger charge is -1.94. The van der Waals surface area contributed by atoms with Crippen molar-refractivity contribution in [3.63, 3.8) is 0 Å². The van der Waals surface area contributed by atoms with Crippen molar-refractivity contribution in [1.82, 2.24) is 10.2 Å². The van der Waals surface area contributed by atoms with Gasteiger partial charge in [0, 0.05) is 10.8 Å². The zero-order valence-corrected chi connectivity index (χ0v) is 11.1. The minimum Gasteiger partial charge on any atom is -0.425 e. The first-order chi connectivity index (χ1) is 7.88. The largest absolute Gasteiger partial charge is 0.425 e. The average molecular weight is 328 g/mol.